The average molecular weight is 164 g/mol. The van der Waals surface area contributed by atoms with Crippen molar-refractivity contribution in [1.29, 1.82) is 0 Å². The van der Waals surface area contributed by atoms with Crippen LogP contribution in [0.4, 0.5) is 0 Å². The summed E-state index contributed by atoms with van der Waals surface area (Å²) >= 11 is 1.81. The van der Waals surface area contributed by atoms with Gasteiger partial charge in [0.1, 0.15) is 0 Å². The predicted molar refractivity (Wildman–Crippen MR) is 53.3 cm³/mol. The van der Waals surface area contributed by atoms with Crippen molar-refractivity contribution in [2.75, 3.05) is 0 Å². The Bertz CT molecular complexity index is 346. The van der Waals surface area contributed by atoms with Crippen LogP contribution in [0.5, 0.6) is 0 Å². The van der Waals surface area contributed by atoms with Crippen LogP contribution in [-0.2, 0) is 0 Å². The Labute approximate surface area is 71.5 Å². The van der Waals surface area contributed by atoms with Gasteiger partial charge in [0.25, 0.3) is 0 Å². The Hall–Kier alpha value is -0.820. The van der Waals surface area contributed by atoms with Crippen LogP contribution in [0.3, 0.4) is 0 Å². The summed E-state index contributed by atoms with van der Waals surface area (Å²) in [6.45, 7) is 2.15. The van der Waals surface area contributed by atoms with Crippen LogP contribution in [0, 0.1) is 6.92 Å². The van der Waals surface area contributed by atoms with Gasteiger partial charge in [-0.1, -0.05) is 25.6 Å². The number of benzene rings is 1. The van der Waals surface area contributed by atoms with E-state index >= 15 is 0 Å². The molecule has 11 heavy (non-hydrogen) atoms. The van der Waals surface area contributed by atoms with Gasteiger partial charge in [0.05, 0.1) is 0 Å². The lowest BCUT2D eigenvalue weighted by Gasteiger charge is -1.86. The zero-order chi connectivity index (χ0) is 6.97. The molecule has 0 spiro atoms. The molecule has 58 valence electrons. The molecule has 0 fully saturated rings. The number of aryl methyl sites for hydroxylation is 1. The molecule has 1 aromatic heterocycles. The van der Waals surface area contributed by atoms with Gasteiger partial charge in [0, 0.05) is 4.70 Å². The van der Waals surface area contributed by atoms with Crippen LogP contribution >= 0.6 is 11.3 Å². The first-order chi connectivity index (χ1) is 4.88. The molecule has 0 amide bonds. The third-order valence-corrected chi connectivity index (χ3v) is 2.76. The number of hydrogen-bond donors (Lipinski definition) is 0. The SMILES string of the molecule is C.Cc1csc2ccccc12. The van der Waals surface area contributed by atoms with Gasteiger partial charge in [-0.15, -0.1) is 11.3 Å². The van der Waals surface area contributed by atoms with Crippen LogP contribution in [0.15, 0.2) is 29.6 Å². The first-order valence-corrected chi connectivity index (χ1v) is 4.19. The second kappa shape index (κ2) is 3.05. The van der Waals surface area contributed by atoms with Crippen LogP contribution in [0.25, 0.3) is 10.1 Å². The maximum Gasteiger partial charge on any atom is 0.0345 e. The van der Waals surface area contributed by atoms with Crippen molar-refractivity contribution in [2.45, 2.75) is 14.4 Å². The van der Waals surface area contributed by atoms with Crippen molar-refractivity contribution in [1.82, 2.24) is 0 Å². The van der Waals surface area contributed by atoms with Crippen molar-refractivity contribution in [3.05, 3.63) is 35.2 Å². The van der Waals surface area contributed by atoms with Crippen molar-refractivity contribution in [3.63, 3.8) is 0 Å². The first kappa shape index (κ1) is 8.28. The molecule has 0 atom stereocenters. The van der Waals surface area contributed by atoms with E-state index in [9.17, 15) is 0 Å². The summed E-state index contributed by atoms with van der Waals surface area (Å²) < 4.78 is 1.39. The van der Waals surface area contributed by atoms with E-state index in [0.29, 0.717) is 0 Å². The zero-order valence-corrected chi connectivity index (χ0v) is 6.61. The molecule has 2 rings (SSSR count). The van der Waals surface area contributed by atoms with E-state index < -0.39 is 0 Å². The highest BCUT2D eigenvalue weighted by Gasteiger charge is 1.95. The Morgan fingerprint density at radius 3 is 2.64 bits per heavy atom. The highest BCUT2D eigenvalue weighted by molar-refractivity contribution is 7.17. The van der Waals surface area contributed by atoms with E-state index in [1.807, 2.05) is 11.3 Å². The van der Waals surface area contributed by atoms with E-state index in [-0.39, 0.29) is 7.43 Å². The molecule has 0 aliphatic rings. The Kier molecular flexibility index (Phi) is 2.30. The average Bonchev–Trinajstić information content (AvgIpc) is 2.34. The van der Waals surface area contributed by atoms with E-state index in [0.717, 1.165) is 0 Å². The molecule has 0 nitrogen and oxygen atoms in total. The lowest BCUT2D eigenvalue weighted by molar-refractivity contribution is 1.60. The van der Waals surface area contributed by atoms with E-state index in [1.165, 1.54) is 15.6 Å². The molecule has 1 heteroatoms. The third kappa shape index (κ3) is 1.29. The smallest absolute Gasteiger partial charge is 0.0345 e. The van der Waals surface area contributed by atoms with Gasteiger partial charge in [0.15, 0.2) is 0 Å². The van der Waals surface area contributed by atoms with Crippen molar-refractivity contribution < 1.29 is 0 Å². The minimum atomic E-state index is 0. The second-order valence-electron chi connectivity index (χ2n) is 2.41. The highest BCUT2D eigenvalue weighted by Crippen LogP contribution is 2.24. The quantitative estimate of drug-likeness (QED) is 0.555. The first-order valence-electron chi connectivity index (χ1n) is 3.31. The van der Waals surface area contributed by atoms with Crippen LogP contribution in [0.1, 0.15) is 13.0 Å². The van der Waals surface area contributed by atoms with Crippen molar-refractivity contribution in [2.24, 2.45) is 0 Å². The van der Waals surface area contributed by atoms with Crippen molar-refractivity contribution >= 4 is 21.4 Å². The summed E-state index contributed by atoms with van der Waals surface area (Å²) in [4.78, 5) is 0. The highest BCUT2D eigenvalue weighted by atomic mass is 32.1. The summed E-state index contributed by atoms with van der Waals surface area (Å²) in [5.41, 5.74) is 1.39. The maximum atomic E-state index is 2.20. The van der Waals surface area contributed by atoms with Gasteiger partial charge >= 0.3 is 0 Å². The molecule has 2 aromatic rings. The molecule has 1 aromatic carbocycles. The van der Waals surface area contributed by atoms with Gasteiger partial charge in [-0.25, -0.2) is 0 Å². The van der Waals surface area contributed by atoms with Gasteiger partial charge < -0.3 is 0 Å². The monoisotopic (exact) mass is 164 g/mol. The van der Waals surface area contributed by atoms with Crippen LogP contribution in [0.2, 0.25) is 0 Å². The Balaban J connectivity index is 0.000000605. The maximum absolute atomic E-state index is 2.20. The molecule has 0 saturated carbocycles. The van der Waals surface area contributed by atoms with Gasteiger partial charge in [-0.3, -0.25) is 0 Å². The third-order valence-electron chi connectivity index (χ3n) is 1.67. The standard InChI is InChI=1S/C9H8S.CH4/c1-7-6-10-9-5-3-2-4-8(7)9;/h2-6H,1H3;1H4. The fourth-order valence-corrected chi connectivity index (χ4v) is 2.05. The fourth-order valence-electron chi connectivity index (χ4n) is 1.11. The Morgan fingerprint density at radius 1 is 1.18 bits per heavy atom. The lowest BCUT2D eigenvalue weighted by atomic mass is 10.2. The number of fused-ring (bicyclic) bond motifs is 1. The second-order valence-corrected chi connectivity index (χ2v) is 3.33. The zero-order valence-electron chi connectivity index (χ0n) is 5.79. The summed E-state index contributed by atoms with van der Waals surface area (Å²) in [6.07, 6.45) is 0. The predicted octanol–water partition coefficient (Wildman–Crippen LogP) is 3.85. The van der Waals surface area contributed by atoms with E-state index in [2.05, 4.69) is 36.6 Å². The van der Waals surface area contributed by atoms with E-state index in [1.54, 1.807) is 0 Å². The molecule has 0 aliphatic heterocycles. The van der Waals surface area contributed by atoms with Crippen LogP contribution < -0.4 is 0 Å². The van der Waals surface area contributed by atoms with Gasteiger partial charge in [-0.05, 0) is 29.3 Å². The molecule has 0 saturated heterocycles. The summed E-state index contributed by atoms with van der Waals surface area (Å²) in [7, 11) is 0. The lowest BCUT2D eigenvalue weighted by Crippen LogP contribution is -1.63. The molecule has 0 bridgehead atoms. The molecule has 0 unspecified atom stereocenters. The topological polar surface area (TPSA) is 0 Å². The molecule has 0 aliphatic carbocycles. The molecular weight excluding hydrogens is 152 g/mol. The van der Waals surface area contributed by atoms with E-state index in [4.69, 9.17) is 0 Å². The summed E-state index contributed by atoms with van der Waals surface area (Å²) in [5, 5.41) is 3.59. The number of rotatable bonds is 0. The van der Waals surface area contributed by atoms with Crippen LogP contribution in [-0.4, -0.2) is 0 Å². The molecular formula is C10H12S. The molecule has 0 N–H and O–H groups in total. The largest absolute Gasteiger partial charge is 0.144 e. The molecule has 0 radical (unpaired) electrons. The minimum Gasteiger partial charge on any atom is -0.144 e. The summed E-state index contributed by atoms with van der Waals surface area (Å²) in [6, 6.07) is 8.49. The molecule has 1 heterocycles. The number of hydrogen-bond acceptors (Lipinski definition) is 1. The normalized spacial score (nSPS) is 9.55. The van der Waals surface area contributed by atoms with Crippen molar-refractivity contribution in [3.8, 4) is 0 Å². The van der Waals surface area contributed by atoms with Gasteiger partial charge in [-0.2, -0.15) is 0 Å². The van der Waals surface area contributed by atoms with Gasteiger partial charge in [0.2, 0.25) is 0 Å². The number of thiophene rings is 1. The Morgan fingerprint density at radius 2 is 1.91 bits per heavy atom. The fraction of sp³-hybridized carbons (Fsp3) is 0.200. The minimum absolute atomic E-state index is 0. The summed E-state index contributed by atoms with van der Waals surface area (Å²) in [5.74, 6) is 0.